The summed E-state index contributed by atoms with van der Waals surface area (Å²) in [5.74, 6) is -0.0119. The number of hydrogen-bond acceptors (Lipinski definition) is 4. The number of carboxylic acids is 1. The molecule has 0 aromatic carbocycles. The number of fused-ring (bicyclic) bond motifs is 1. The van der Waals surface area contributed by atoms with Crippen LogP contribution < -0.4 is 5.32 Å². The van der Waals surface area contributed by atoms with E-state index in [1.165, 1.54) is 0 Å². The van der Waals surface area contributed by atoms with Crippen LogP contribution in [0.3, 0.4) is 0 Å². The predicted molar refractivity (Wildman–Crippen MR) is 71.1 cm³/mol. The standard InChI is InChI=1S/C14H19N3O2/c18-13(19)14(7-3-4-8-14)17-12-10-5-1-2-6-11(10)15-9-16-12/h9H,1-8H2,(H,18,19)(H,15,16,17). The van der Waals surface area contributed by atoms with E-state index in [0.29, 0.717) is 12.8 Å². The number of carbonyl (C=O) groups is 1. The van der Waals surface area contributed by atoms with Gasteiger partial charge in [0, 0.05) is 11.3 Å². The van der Waals surface area contributed by atoms with Crippen molar-refractivity contribution in [3.63, 3.8) is 0 Å². The van der Waals surface area contributed by atoms with Gasteiger partial charge in [0.15, 0.2) is 0 Å². The van der Waals surface area contributed by atoms with Crippen molar-refractivity contribution in [3.8, 4) is 0 Å². The number of hydrogen-bond donors (Lipinski definition) is 2. The summed E-state index contributed by atoms with van der Waals surface area (Å²) in [6.07, 6.45) is 9.07. The third-order valence-corrected chi connectivity index (χ3v) is 4.35. The molecule has 1 saturated carbocycles. The summed E-state index contributed by atoms with van der Waals surface area (Å²) in [4.78, 5) is 20.2. The number of aryl methyl sites for hydroxylation is 1. The van der Waals surface area contributed by atoms with Crippen LogP contribution in [-0.2, 0) is 17.6 Å². The molecule has 2 N–H and O–H groups in total. The van der Waals surface area contributed by atoms with E-state index in [-0.39, 0.29) is 0 Å². The van der Waals surface area contributed by atoms with Gasteiger partial charge in [0.2, 0.25) is 0 Å². The van der Waals surface area contributed by atoms with Gasteiger partial charge in [-0.05, 0) is 38.5 Å². The highest BCUT2D eigenvalue weighted by Gasteiger charge is 2.42. The minimum absolute atomic E-state index is 0.682. The van der Waals surface area contributed by atoms with Gasteiger partial charge in [-0.1, -0.05) is 12.8 Å². The summed E-state index contributed by atoms with van der Waals surface area (Å²) in [6.45, 7) is 0. The molecule has 5 heteroatoms. The zero-order valence-corrected chi connectivity index (χ0v) is 11.0. The van der Waals surface area contributed by atoms with Crippen molar-refractivity contribution in [3.05, 3.63) is 17.6 Å². The van der Waals surface area contributed by atoms with Crippen molar-refractivity contribution in [1.82, 2.24) is 9.97 Å². The highest BCUT2D eigenvalue weighted by atomic mass is 16.4. The molecule has 2 aliphatic rings. The lowest BCUT2D eigenvalue weighted by Gasteiger charge is -2.28. The van der Waals surface area contributed by atoms with Crippen molar-refractivity contribution in [1.29, 1.82) is 0 Å². The van der Waals surface area contributed by atoms with Crippen LogP contribution in [0.15, 0.2) is 6.33 Å². The van der Waals surface area contributed by atoms with Crippen LogP contribution in [-0.4, -0.2) is 26.6 Å². The van der Waals surface area contributed by atoms with Crippen LogP contribution >= 0.6 is 0 Å². The fraction of sp³-hybridized carbons (Fsp3) is 0.643. The van der Waals surface area contributed by atoms with Crippen molar-refractivity contribution in [2.24, 2.45) is 0 Å². The molecule has 0 saturated heterocycles. The Kier molecular flexibility index (Phi) is 3.12. The summed E-state index contributed by atoms with van der Waals surface area (Å²) >= 11 is 0. The Morgan fingerprint density at radius 1 is 1.16 bits per heavy atom. The van der Waals surface area contributed by atoms with Crippen LogP contribution in [0, 0.1) is 0 Å². The minimum Gasteiger partial charge on any atom is -0.480 e. The highest BCUT2D eigenvalue weighted by molar-refractivity contribution is 5.83. The normalized spacial score (nSPS) is 20.8. The molecular formula is C14H19N3O2. The lowest BCUT2D eigenvalue weighted by atomic mass is 9.94. The molecule has 19 heavy (non-hydrogen) atoms. The van der Waals surface area contributed by atoms with Gasteiger partial charge < -0.3 is 10.4 Å². The average Bonchev–Trinajstić information content (AvgIpc) is 2.89. The van der Waals surface area contributed by atoms with Crippen LogP contribution in [0.5, 0.6) is 0 Å². The summed E-state index contributed by atoms with van der Waals surface area (Å²) < 4.78 is 0. The third kappa shape index (κ3) is 2.17. The first-order chi connectivity index (χ1) is 9.21. The fourth-order valence-corrected chi connectivity index (χ4v) is 3.23. The zero-order chi connectivity index (χ0) is 13.3. The lowest BCUT2D eigenvalue weighted by Crippen LogP contribution is -2.44. The first-order valence-electron chi connectivity index (χ1n) is 7.06. The first kappa shape index (κ1) is 12.4. The van der Waals surface area contributed by atoms with Crippen LogP contribution in [0.2, 0.25) is 0 Å². The molecule has 2 aliphatic carbocycles. The number of carboxylic acid groups (broad SMARTS) is 1. The minimum atomic E-state index is -0.820. The molecule has 0 unspecified atom stereocenters. The van der Waals surface area contributed by atoms with Gasteiger partial charge >= 0.3 is 5.97 Å². The lowest BCUT2D eigenvalue weighted by molar-refractivity contribution is -0.142. The summed E-state index contributed by atoms with van der Waals surface area (Å²) in [5.41, 5.74) is 1.39. The topological polar surface area (TPSA) is 75.1 Å². The van der Waals surface area contributed by atoms with Gasteiger partial charge in [0.25, 0.3) is 0 Å². The van der Waals surface area contributed by atoms with Gasteiger partial charge in [-0.15, -0.1) is 0 Å². The third-order valence-electron chi connectivity index (χ3n) is 4.35. The Morgan fingerprint density at radius 3 is 2.63 bits per heavy atom. The Bertz CT molecular complexity index is 495. The maximum atomic E-state index is 11.6. The second-order valence-electron chi connectivity index (χ2n) is 5.57. The van der Waals surface area contributed by atoms with Crippen molar-refractivity contribution >= 4 is 11.8 Å². The quantitative estimate of drug-likeness (QED) is 0.872. The van der Waals surface area contributed by atoms with Crippen molar-refractivity contribution in [2.75, 3.05) is 5.32 Å². The Morgan fingerprint density at radius 2 is 1.89 bits per heavy atom. The largest absolute Gasteiger partial charge is 0.480 e. The van der Waals surface area contributed by atoms with Crippen LogP contribution in [0.4, 0.5) is 5.82 Å². The maximum Gasteiger partial charge on any atom is 0.329 e. The maximum absolute atomic E-state index is 11.6. The van der Waals surface area contributed by atoms with Gasteiger partial charge in [-0.2, -0.15) is 0 Å². The first-order valence-corrected chi connectivity index (χ1v) is 7.06. The number of nitrogens with one attached hydrogen (secondary N) is 1. The summed E-state index contributed by atoms with van der Waals surface area (Å²) in [6, 6.07) is 0. The van der Waals surface area contributed by atoms with Gasteiger partial charge in [-0.3, -0.25) is 0 Å². The van der Waals surface area contributed by atoms with Gasteiger partial charge in [0.1, 0.15) is 17.7 Å². The second kappa shape index (κ2) is 4.79. The SMILES string of the molecule is O=C(O)C1(Nc2ncnc3c2CCCC3)CCCC1. The Labute approximate surface area is 112 Å². The van der Waals surface area contributed by atoms with Crippen molar-refractivity contribution < 1.29 is 9.90 Å². The molecule has 1 heterocycles. The van der Waals surface area contributed by atoms with E-state index in [1.54, 1.807) is 6.33 Å². The van der Waals surface area contributed by atoms with E-state index in [0.717, 1.165) is 55.6 Å². The van der Waals surface area contributed by atoms with Gasteiger partial charge in [-0.25, -0.2) is 14.8 Å². The fourth-order valence-electron chi connectivity index (χ4n) is 3.23. The Hall–Kier alpha value is -1.65. The second-order valence-corrected chi connectivity index (χ2v) is 5.57. The van der Waals surface area contributed by atoms with E-state index < -0.39 is 11.5 Å². The van der Waals surface area contributed by atoms with E-state index in [4.69, 9.17) is 0 Å². The molecule has 0 amide bonds. The number of nitrogens with zero attached hydrogens (tertiary/aromatic N) is 2. The van der Waals surface area contributed by atoms with Crippen LogP contribution in [0.1, 0.15) is 49.8 Å². The number of anilines is 1. The molecule has 0 spiro atoms. The predicted octanol–water partition coefficient (Wildman–Crippen LogP) is 2.16. The average molecular weight is 261 g/mol. The van der Waals surface area contributed by atoms with E-state index in [2.05, 4.69) is 15.3 Å². The molecular weight excluding hydrogens is 242 g/mol. The molecule has 1 fully saturated rings. The molecule has 0 aliphatic heterocycles. The zero-order valence-electron chi connectivity index (χ0n) is 11.0. The monoisotopic (exact) mass is 261 g/mol. The molecule has 0 radical (unpaired) electrons. The number of aliphatic carboxylic acids is 1. The number of aromatic nitrogens is 2. The number of rotatable bonds is 3. The molecule has 5 nitrogen and oxygen atoms in total. The summed E-state index contributed by atoms with van der Waals surface area (Å²) in [7, 11) is 0. The summed E-state index contributed by atoms with van der Waals surface area (Å²) in [5, 5.41) is 12.8. The van der Waals surface area contributed by atoms with E-state index in [1.807, 2.05) is 0 Å². The van der Waals surface area contributed by atoms with Gasteiger partial charge in [0.05, 0.1) is 0 Å². The molecule has 102 valence electrons. The molecule has 1 aromatic heterocycles. The van der Waals surface area contributed by atoms with E-state index >= 15 is 0 Å². The molecule has 1 aromatic rings. The Balaban J connectivity index is 1.92. The van der Waals surface area contributed by atoms with Crippen molar-refractivity contribution in [2.45, 2.75) is 56.9 Å². The molecule has 0 bridgehead atoms. The highest BCUT2D eigenvalue weighted by Crippen LogP contribution is 2.35. The van der Waals surface area contributed by atoms with E-state index in [9.17, 15) is 9.90 Å². The smallest absolute Gasteiger partial charge is 0.329 e. The van der Waals surface area contributed by atoms with Crippen LogP contribution in [0.25, 0.3) is 0 Å². The molecule has 0 atom stereocenters. The molecule has 3 rings (SSSR count).